The first-order chi connectivity index (χ1) is 5.27. The van der Waals surface area contributed by atoms with Crippen LogP contribution in [0.2, 0.25) is 0 Å². The summed E-state index contributed by atoms with van der Waals surface area (Å²) in [6.07, 6.45) is 9.93. The first kappa shape index (κ1) is 24.8. The Morgan fingerprint density at radius 2 is 1.87 bits per heavy atom. The molecule has 1 rings (SSSR count). The third-order valence-corrected chi connectivity index (χ3v) is 2.57. The number of hydrogen-bond donors (Lipinski definition) is 1. The maximum Gasteiger partial charge on any atom is 0.0650 e. The van der Waals surface area contributed by atoms with Crippen molar-refractivity contribution in [3.05, 3.63) is 6.42 Å². The smallest absolute Gasteiger partial charge is 0.0650 e. The SMILES string of the molecule is C.C.C.CCCCC1(O)C[CH]CCC1.[Sn]. The molecule has 0 amide bonds. The molecule has 0 saturated heterocycles. The number of rotatable bonds is 3. The van der Waals surface area contributed by atoms with Gasteiger partial charge >= 0.3 is 0 Å². The minimum atomic E-state index is -0.325. The Morgan fingerprint density at radius 1 is 1.27 bits per heavy atom. The van der Waals surface area contributed by atoms with Crippen LogP contribution in [0.1, 0.15) is 74.1 Å². The topological polar surface area (TPSA) is 20.2 Å². The number of aliphatic hydroxyl groups is 1. The van der Waals surface area contributed by atoms with E-state index in [0.717, 1.165) is 19.3 Å². The molecule has 1 fully saturated rings. The molecular formula is C13H31OSn. The summed E-state index contributed by atoms with van der Waals surface area (Å²) >= 11 is 0. The fourth-order valence-electron chi connectivity index (χ4n) is 1.78. The van der Waals surface area contributed by atoms with Crippen molar-refractivity contribution in [1.82, 2.24) is 0 Å². The van der Waals surface area contributed by atoms with Crippen LogP contribution in [0.5, 0.6) is 0 Å². The van der Waals surface area contributed by atoms with Crippen LogP contribution in [0.3, 0.4) is 0 Å². The van der Waals surface area contributed by atoms with Crippen LogP contribution in [0.25, 0.3) is 0 Å². The van der Waals surface area contributed by atoms with Crippen LogP contribution in [0, 0.1) is 6.42 Å². The van der Waals surface area contributed by atoms with E-state index in [4.69, 9.17) is 0 Å². The first-order valence-corrected chi connectivity index (χ1v) is 4.81. The first-order valence-electron chi connectivity index (χ1n) is 4.81. The van der Waals surface area contributed by atoms with E-state index in [1.807, 2.05) is 0 Å². The van der Waals surface area contributed by atoms with Gasteiger partial charge in [0, 0.05) is 23.9 Å². The third-order valence-electron chi connectivity index (χ3n) is 2.57. The van der Waals surface area contributed by atoms with Crippen molar-refractivity contribution >= 4 is 23.9 Å². The van der Waals surface area contributed by atoms with E-state index in [-0.39, 0.29) is 51.8 Å². The molecule has 0 spiro atoms. The van der Waals surface area contributed by atoms with Gasteiger partial charge in [-0.15, -0.1) is 0 Å². The summed E-state index contributed by atoms with van der Waals surface area (Å²) in [5, 5.41) is 9.97. The molecule has 0 aromatic heterocycles. The second-order valence-corrected chi connectivity index (χ2v) is 3.71. The normalized spacial score (nSPS) is 17.2. The molecule has 5 radical (unpaired) electrons. The van der Waals surface area contributed by atoms with E-state index in [1.165, 1.54) is 25.7 Å². The van der Waals surface area contributed by atoms with Gasteiger partial charge in [-0.1, -0.05) is 48.5 Å². The van der Waals surface area contributed by atoms with Crippen molar-refractivity contribution in [1.29, 1.82) is 0 Å². The van der Waals surface area contributed by atoms with Gasteiger partial charge in [-0.3, -0.25) is 0 Å². The summed E-state index contributed by atoms with van der Waals surface area (Å²) < 4.78 is 0. The molecule has 1 saturated carbocycles. The molecular weight excluding hydrogens is 291 g/mol. The molecule has 0 aromatic carbocycles. The van der Waals surface area contributed by atoms with Gasteiger partial charge in [0.25, 0.3) is 0 Å². The van der Waals surface area contributed by atoms with E-state index < -0.39 is 0 Å². The van der Waals surface area contributed by atoms with Gasteiger partial charge in [0.05, 0.1) is 5.60 Å². The Labute approximate surface area is 115 Å². The minimum absolute atomic E-state index is 0. The zero-order chi connectivity index (χ0) is 8.16. The van der Waals surface area contributed by atoms with Crippen LogP contribution < -0.4 is 0 Å². The molecule has 1 atom stereocenters. The zero-order valence-electron chi connectivity index (χ0n) is 7.97. The zero-order valence-corrected chi connectivity index (χ0v) is 10.8. The summed E-state index contributed by atoms with van der Waals surface area (Å²) in [4.78, 5) is 0. The monoisotopic (exact) mass is 323 g/mol. The second-order valence-electron chi connectivity index (χ2n) is 3.71. The van der Waals surface area contributed by atoms with Gasteiger partial charge in [0.2, 0.25) is 0 Å². The molecule has 93 valence electrons. The molecule has 1 nitrogen and oxygen atoms in total. The third kappa shape index (κ3) is 9.67. The summed E-state index contributed by atoms with van der Waals surface area (Å²) in [7, 11) is 0. The molecule has 0 aromatic rings. The van der Waals surface area contributed by atoms with E-state index in [2.05, 4.69) is 13.3 Å². The molecule has 0 bridgehead atoms. The molecule has 1 unspecified atom stereocenters. The fraction of sp³-hybridized carbons (Fsp3) is 0.923. The van der Waals surface area contributed by atoms with E-state index in [0.29, 0.717) is 0 Å². The van der Waals surface area contributed by atoms with Gasteiger partial charge < -0.3 is 5.11 Å². The molecule has 15 heavy (non-hydrogen) atoms. The van der Waals surface area contributed by atoms with Crippen LogP contribution in [-0.4, -0.2) is 34.6 Å². The molecule has 1 N–H and O–H groups in total. The van der Waals surface area contributed by atoms with Gasteiger partial charge in [-0.05, 0) is 32.1 Å². The quantitative estimate of drug-likeness (QED) is 0.772. The minimum Gasteiger partial charge on any atom is -0.390 e. The van der Waals surface area contributed by atoms with Crippen LogP contribution in [0.4, 0.5) is 0 Å². The summed E-state index contributed by atoms with van der Waals surface area (Å²) in [5.41, 5.74) is -0.325. The van der Waals surface area contributed by atoms with Crippen LogP contribution >= 0.6 is 0 Å². The van der Waals surface area contributed by atoms with E-state index in [1.54, 1.807) is 0 Å². The maximum absolute atomic E-state index is 9.97. The Morgan fingerprint density at radius 3 is 2.27 bits per heavy atom. The fourth-order valence-corrected chi connectivity index (χ4v) is 1.78. The van der Waals surface area contributed by atoms with Crippen LogP contribution in [-0.2, 0) is 0 Å². The molecule has 1 aliphatic rings. The summed E-state index contributed by atoms with van der Waals surface area (Å²) in [5.74, 6) is 0. The van der Waals surface area contributed by atoms with Crippen molar-refractivity contribution in [3.8, 4) is 0 Å². The Hall–Kier alpha value is 0.759. The van der Waals surface area contributed by atoms with Crippen molar-refractivity contribution in [2.45, 2.75) is 79.8 Å². The van der Waals surface area contributed by atoms with Crippen LogP contribution in [0.15, 0.2) is 0 Å². The van der Waals surface area contributed by atoms with Gasteiger partial charge in [0.15, 0.2) is 0 Å². The maximum atomic E-state index is 9.97. The Bertz CT molecular complexity index is 109. The van der Waals surface area contributed by atoms with Crippen molar-refractivity contribution < 1.29 is 5.11 Å². The summed E-state index contributed by atoms with van der Waals surface area (Å²) in [6.45, 7) is 2.18. The second kappa shape index (κ2) is 12.8. The molecule has 2 heteroatoms. The predicted molar refractivity (Wildman–Crippen MR) is 73.2 cm³/mol. The standard InChI is InChI=1S/C10H19O.3CH4.Sn/c1-2-3-7-10(11)8-5-4-6-9-10;;;;/h5,11H,2-4,6-9H2,1H3;3*1H4;. The molecule has 1 aliphatic carbocycles. The Balaban J connectivity index is -0.000000151. The molecule has 0 heterocycles. The van der Waals surface area contributed by atoms with E-state index >= 15 is 0 Å². The van der Waals surface area contributed by atoms with Gasteiger partial charge in [0.1, 0.15) is 0 Å². The number of hydrogen-bond acceptors (Lipinski definition) is 1. The van der Waals surface area contributed by atoms with Gasteiger partial charge in [-0.25, -0.2) is 0 Å². The van der Waals surface area contributed by atoms with Crippen molar-refractivity contribution in [2.24, 2.45) is 0 Å². The average molecular weight is 322 g/mol. The van der Waals surface area contributed by atoms with E-state index in [9.17, 15) is 5.11 Å². The average Bonchev–Trinajstić information content (AvgIpc) is 2.03. The van der Waals surface area contributed by atoms with Gasteiger partial charge in [-0.2, -0.15) is 0 Å². The Kier molecular flexibility index (Phi) is 21.2. The van der Waals surface area contributed by atoms with Crippen molar-refractivity contribution in [2.75, 3.05) is 0 Å². The number of unbranched alkanes of at least 4 members (excludes halogenated alkanes) is 1. The van der Waals surface area contributed by atoms with Crippen molar-refractivity contribution in [3.63, 3.8) is 0 Å². The largest absolute Gasteiger partial charge is 0.390 e. The molecule has 0 aliphatic heterocycles. The summed E-state index contributed by atoms with van der Waals surface area (Å²) in [6, 6.07) is 0. The predicted octanol–water partition coefficient (Wildman–Crippen LogP) is 4.21.